The van der Waals surface area contributed by atoms with Crippen molar-refractivity contribution >= 4 is 5.97 Å². The Bertz CT molecular complexity index is 279. The summed E-state index contributed by atoms with van der Waals surface area (Å²) in [5, 5.41) is 3.31. The van der Waals surface area contributed by atoms with E-state index in [1.54, 1.807) is 0 Å². The fourth-order valence-corrected chi connectivity index (χ4v) is 2.74. The second-order valence-corrected chi connectivity index (χ2v) is 6.26. The van der Waals surface area contributed by atoms with Gasteiger partial charge in [0.2, 0.25) is 0 Å². The van der Waals surface area contributed by atoms with Crippen LogP contribution >= 0.6 is 0 Å². The van der Waals surface area contributed by atoms with Crippen LogP contribution in [0.4, 0.5) is 0 Å². The van der Waals surface area contributed by atoms with Crippen LogP contribution < -0.4 is 5.32 Å². The van der Waals surface area contributed by atoms with Crippen molar-refractivity contribution in [3.63, 3.8) is 0 Å². The van der Waals surface area contributed by atoms with Gasteiger partial charge in [-0.2, -0.15) is 0 Å². The minimum absolute atomic E-state index is 0.112. The van der Waals surface area contributed by atoms with Crippen molar-refractivity contribution in [2.45, 2.75) is 53.0 Å². The zero-order valence-electron chi connectivity index (χ0n) is 13.0. The largest absolute Gasteiger partial charge is 0.465 e. The molecule has 4 nitrogen and oxygen atoms in total. The Balaban J connectivity index is 2.53. The smallest absolute Gasteiger partial charge is 0.324 e. The number of likely N-dealkylation sites (tertiary alicyclic amines) is 1. The number of nitrogens with zero attached hydrogens (tertiary/aromatic N) is 1. The standard InChI is InChI=1S/C15H30N2O2/c1-5-9-16-13(14(18)19-6-2)11-17-10-7-8-15(3,4)12-17/h13,16H,5-12H2,1-4H3. The average molecular weight is 270 g/mol. The Labute approximate surface area is 117 Å². The van der Waals surface area contributed by atoms with Crippen LogP contribution in [0.3, 0.4) is 0 Å². The zero-order valence-corrected chi connectivity index (χ0v) is 13.0. The van der Waals surface area contributed by atoms with E-state index < -0.39 is 0 Å². The van der Waals surface area contributed by atoms with E-state index in [0.717, 1.165) is 32.6 Å². The van der Waals surface area contributed by atoms with Crippen LogP contribution in [-0.2, 0) is 9.53 Å². The van der Waals surface area contributed by atoms with Gasteiger partial charge < -0.3 is 15.0 Å². The highest BCUT2D eigenvalue weighted by molar-refractivity contribution is 5.76. The first-order valence-electron chi connectivity index (χ1n) is 7.61. The summed E-state index contributed by atoms with van der Waals surface area (Å²) in [7, 11) is 0. The van der Waals surface area contributed by atoms with E-state index in [4.69, 9.17) is 4.74 Å². The third-order valence-electron chi connectivity index (χ3n) is 3.63. The van der Waals surface area contributed by atoms with E-state index in [1.807, 2.05) is 6.92 Å². The Kier molecular flexibility index (Phi) is 6.80. The van der Waals surface area contributed by atoms with E-state index >= 15 is 0 Å². The van der Waals surface area contributed by atoms with Crippen molar-refractivity contribution in [2.24, 2.45) is 5.41 Å². The predicted molar refractivity (Wildman–Crippen MR) is 78.2 cm³/mol. The van der Waals surface area contributed by atoms with Crippen molar-refractivity contribution in [2.75, 3.05) is 32.8 Å². The molecule has 1 saturated heterocycles. The molecular formula is C15H30N2O2. The molecule has 0 aromatic carbocycles. The highest BCUT2D eigenvalue weighted by Gasteiger charge is 2.29. The average Bonchev–Trinajstić information content (AvgIpc) is 2.33. The van der Waals surface area contributed by atoms with Gasteiger partial charge >= 0.3 is 5.97 Å². The second-order valence-electron chi connectivity index (χ2n) is 6.26. The lowest BCUT2D eigenvalue weighted by Crippen LogP contribution is -2.51. The maximum atomic E-state index is 12.0. The molecule has 0 aromatic rings. The quantitative estimate of drug-likeness (QED) is 0.719. The molecular weight excluding hydrogens is 240 g/mol. The minimum atomic E-state index is -0.186. The number of rotatable bonds is 7. The second kappa shape index (κ2) is 7.85. The number of esters is 1. The molecule has 1 unspecified atom stereocenters. The third kappa shape index (κ3) is 5.91. The Morgan fingerprint density at radius 3 is 2.74 bits per heavy atom. The summed E-state index contributed by atoms with van der Waals surface area (Å²) in [6.45, 7) is 12.8. The molecule has 0 bridgehead atoms. The van der Waals surface area contributed by atoms with Crippen LogP contribution in [0.2, 0.25) is 0 Å². The number of piperidine rings is 1. The molecule has 1 heterocycles. The first-order chi connectivity index (χ1) is 8.98. The van der Waals surface area contributed by atoms with Gasteiger partial charge in [-0.15, -0.1) is 0 Å². The van der Waals surface area contributed by atoms with Crippen LogP contribution in [0.25, 0.3) is 0 Å². The fraction of sp³-hybridized carbons (Fsp3) is 0.933. The molecule has 0 saturated carbocycles. The first-order valence-corrected chi connectivity index (χ1v) is 7.61. The van der Waals surface area contributed by atoms with Gasteiger partial charge in [-0.25, -0.2) is 0 Å². The fourth-order valence-electron chi connectivity index (χ4n) is 2.74. The predicted octanol–water partition coefficient (Wildman–Crippen LogP) is 2.04. The van der Waals surface area contributed by atoms with E-state index in [2.05, 4.69) is 31.0 Å². The molecule has 1 fully saturated rings. The lowest BCUT2D eigenvalue weighted by Gasteiger charge is -2.39. The van der Waals surface area contributed by atoms with Crippen molar-refractivity contribution in [3.05, 3.63) is 0 Å². The lowest BCUT2D eigenvalue weighted by molar-refractivity contribution is -0.146. The Morgan fingerprint density at radius 2 is 2.16 bits per heavy atom. The monoisotopic (exact) mass is 270 g/mol. The molecule has 0 aromatic heterocycles. The number of ether oxygens (including phenoxy) is 1. The maximum absolute atomic E-state index is 12.0. The minimum Gasteiger partial charge on any atom is -0.465 e. The molecule has 4 heteroatoms. The summed E-state index contributed by atoms with van der Waals surface area (Å²) < 4.78 is 5.17. The van der Waals surface area contributed by atoms with E-state index in [-0.39, 0.29) is 12.0 Å². The van der Waals surface area contributed by atoms with Gasteiger partial charge in [0.05, 0.1) is 6.61 Å². The SMILES string of the molecule is CCCNC(CN1CCCC(C)(C)C1)C(=O)OCC. The summed E-state index contributed by atoms with van der Waals surface area (Å²) in [6.07, 6.45) is 3.52. The van der Waals surface area contributed by atoms with Crippen LogP contribution in [0.15, 0.2) is 0 Å². The summed E-state index contributed by atoms with van der Waals surface area (Å²) in [4.78, 5) is 14.4. The first kappa shape index (κ1) is 16.4. The van der Waals surface area contributed by atoms with Crippen LogP contribution in [0, 0.1) is 5.41 Å². The molecule has 1 atom stereocenters. The number of hydrogen-bond donors (Lipinski definition) is 1. The summed E-state index contributed by atoms with van der Waals surface area (Å²) >= 11 is 0. The number of carbonyl (C=O) groups is 1. The molecule has 1 aliphatic rings. The van der Waals surface area contributed by atoms with Crippen LogP contribution in [0.5, 0.6) is 0 Å². The molecule has 0 spiro atoms. The highest BCUT2D eigenvalue weighted by Crippen LogP contribution is 2.28. The molecule has 1 rings (SSSR count). The van der Waals surface area contributed by atoms with Gasteiger partial charge in [0.1, 0.15) is 6.04 Å². The Morgan fingerprint density at radius 1 is 1.42 bits per heavy atom. The lowest BCUT2D eigenvalue weighted by atomic mass is 9.84. The van der Waals surface area contributed by atoms with E-state index in [1.165, 1.54) is 12.8 Å². The molecule has 0 amide bonds. The van der Waals surface area contributed by atoms with Gasteiger partial charge in [0.25, 0.3) is 0 Å². The van der Waals surface area contributed by atoms with Crippen LogP contribution in [0.1, 0.15) is 47.0 Å². The summed E-state index contributed by atoms with van der Waals surface area (Å²) in [6, 6.07) is -0.186. The normalized spacial score (nSPS) is 21.1. The molecule has 1 N–H and O–H groups in total. The van der Waals surface area contributed by atoms with Gasteiger partial charge in [0, 0.05) is 13.1 Å². The number of hydrogen-bond acceptors (Lipinski definition) is 4. The van der Waals surface area contributed by atoms with Crippen molar-refractivity contribution in [1.82, 2.24) is 10.2 Å². The van der Waals surface area contributed by atoms with Crippen molar-refractivity contribution < 1.29 is 9.53 Å². The molecule has 19 heavy (non-hydrogen) atoms. The molecule has 0 radical (unpaired) electrons. The van der Waals surface area contributed by atoms with Crippen molar-refractivity contribution in [1.29, 1.82) is 0 Å². The van der Waals surface area contributed by atoms with Gasteiger partial charge in [-0.3, -0.25) is 4.79 Å². The number of carbonyl (C=O) groups excluding carboxylic acids is 1. The highest BCUT2D eigenvalue weighted by atomic mass is 16.5. The maximum Gasteiger partial charge on any atom is 0.324 e. The van der Waals surface area contributed by atoms with Crippen molar-refractivity contribution in [3.8, 4) is 0 Å². The summed E-state index contributed by atoms with van der Waals surface area (Å²) in [5.74, 6) is -0.112. The van der Waals surface area contributed by atoms with E-state index in [9.17, 15) is 4.79 Å². The zero-order chi connectivity index (χ0) is 14.3. The number of nitrogens with one attached hydrogen (secondary N) is 1. The van der Waals surface area contributed by atoms with Gasteiger partial charge in [-0.05, 0) is 44.7 Å². The molecule has 0 aliphatic carbocycles. The van der Waals surface area contributed by atoms with E-state index in [0.29, 0.717) is 12.0 Å². The Hall–Kier alpha value is -0.610. The molecule has 112 valence electrons. The molecule has 1 aliphatic heterocycles. The third-order valence-corrected chi connectivity index (χ3v) is 3.63. The van der Waals surface area contributed by atoms with Crippen LogP contribution in [-0.4, -0.2) is 49.7 Å². The summed E-state index contributed by atoms with van der Waals surface area (Å²) in [5.41, 5.74) is 0.363. The van der Waals surface area contributed by atoms with Gasteiger partial charge in [0.15, 0.2) is 0 Å². The van der Waals surface area contributed by atoms with Gasteiger partial charge in [-0.1, -0.05) is 20.8 Å². The topological polar surface area (TPSA) is 41.6 Å².